The SMILES string of the molecule is CCC(=O)N(Cc1ccc(OC)cc1)C(C)C(=O)NCc1ccco1. The second-order valence-electron chi connectivity index (χ2n) is 5.70. The van der Waals surface area contributed by atoms with Crippen molar-refractivity contribution in [1.29, 1.82) is 0 Å². The Morgan fingerprint density at radius 1 is 1.24 bits per heavy atom. The zero-order chi connectivity index (χ0) is 18.2. The molecule has 0 saturated carbocycles. The number of hydrogen-bond donors (Lipinski definition) is 1. The van der Waals surface area contributed by atoms with Crippen LogP contribution in [-0.2, 0) is 22.7 Å². The molecule has 2 aromatic rings. The van der Waals surface area contributed by atoms with Crippen LogP contribution in [-0.4, -0.2) is 29.9 Å². The Morgan fingerprint density at radius 2 is 1.96 bits per heavy atom. The first-order chi connectivity index (χ1) is 12.0. The second kappa shape index (κ2) is 8.92. The van der Waals surface area contributed by atoms with E-state index in [-0.39, 0.29) is 11.8 Å². The zero-order valence-corrected chi connectivity index (χ0v) is 14.8. The standard InChI is InChI=1S/C19H24N2O4/c1-4-18(22)21(13-15-7-9-16(24-3)10-8-15)14(2)19(23)20-12-17-6-5-11-25-17/h5-11,14H,4,12-13H2,1-3H3,(H,20,23). The van der Waals surface area contributed by atoms with Crippen LogP contribution >= 0.6 is 0 Å². The second-order valence-corrected chi connectivity index (χ2v) is 5.70. The Bertz CT molecular complexity index is 680. The van der Waals surface area contributed by atoms with Crippen molar-refractivity contribution in [3.8, 4) is 5.75 Å². The van der Waals surface area contributed by atoms with Gasteiger partial charge in [-0.05, 0) is 36.8 Å². The maximum atomic E-state index is 12.4. The number of methoxy groups -OCH3 is 1. The molecule has 1 unspecified atom stereocenters. The highest BCUT2D eigenvalue weighted by Crippen LogP contribution is 2.15. The molecular formula is C19H24N2O4. The summed E-state index contributed by atoms with van der Waals surface area (Å²) in [6.45, 7) is 4.18. The number of furan rings is 1. The van der Waals surface area contributed by atoms with Gasteiger partial charge in [-0.2, -0.15) is 0 Å². The number of benzene rings is 1. The topological polar surface area (TPSA) is 71.8 Å². The molecule has 0 bridgehead atoms. The van der Waals surface area contributed by atoms with Crippen LogP contribution in [0, 0.1) is 0 Å². The molecule has 0 aliphatic heterocycles. The summed E-state index contributed by atoms with van der Waals surface area (Å²) >= 11 is 0. The lowest BCUT2D eigenvalue weighted by Gasteiger charge is -2.28. The molecule has 1 heterocycles. The lowest BCUT2D eigenvalue weighted by atomic mass is 10.1. The van der Waals surface area contributed by atoms with E-state index >= 15 is 0 Å². The molecule has 0 saturated heterocycles. The molecule has 6 nitrogen and oxygen atoms in total. The fourth-order valence-electron chi connectivity index (χ4n) is 2.45. The van der Waals surface area contributed by atoms with Crippen molar-refractivity contribution >= 4 is 11.8 Å². The van der Waals surface area contributed by atoms with Crippen molar-refractivity contribution in [3.63, 3.8) is 0 Å². The molecule has 6 heteroatoms. The van der Waals surface area contributed by atoms with Gasteiger partial charge in [0.25, 0.3) is 0 Å². The van der Waals surface area contributed by atoms with Crippen LogP contribution in [0.2, 0.25) is 0 Å². The van der Waals surface area contributed by atoms with E-state index in [1.165, 1.54) is 0 Å². The Balaban J connectivity index is 2.03. The van der Waals surface area contributed by atoms with Crippen LogP contribution < -0.4 is 10.1 Å². The summed E-state index contributed by atoms with van der Waals surface area (Å²) in [7, 11) is 1.60. The summed E-state index contributed by atoms with van der Waals surface area (Å²) in [6.07, 6.45) is 1.90. The molecule has 0 aliphatic rings. The highest BCUT2D eigenvalue weighted by Gasteiger charge is 2.25. The fraction of sp³-hybridized carbons (Fsp3) is 0.368. The number of ether oxygens (including phenoxy) is 1. The molecule has 2 rings (SSSR count). The molecule has 0 aliphatic carbocycles. The Hall–Kier alpha value is -2.76. The van der Waals surface area contributed by atoms with Crippen LogP contribution in [0.25, 0.3) is 0 Å². The van der Waals surface area contributed by atoms with Crippen molar-refractivity contribution in [1.82, 2.24) is 10.2 Å². The Labute approximate surface area is 147 Å². The zero-order valence-electron chi connectivity index (χ0n) is 14.8. The molecule has 1 atom stereocenters. The van der Waals surface area contributed by atoms with Crippen molar-refractivity contribution < 1.29 is 18.7 Å². The van der Waals surface area contributed by atoms with E-state index in [1.807, 2.05) is 24.3 Å². The number of nitrogens with zero attached hydrogens (tertiary/aromatic N) is 1. The molecule has 134 valence electrons. The van der Waals surface area contributed by atoms with E-state index in [1.54, 1.807) is 44.3 Å². The van der Waals surface area contributed by atoms with Crippen LogP contribution in [0.1, 0.15) is 31.6 Å². The minimum absolute atomic E-state index is 0.0727. The summed E-state index contributed by atoms with van der Waals surface area (Å²) in [6, 6.07) is 10.4. The third-order valence-electron chi connectivity index (χ3n) is 4.00. The average Bonchev–Trinajstić information content (AvgIpc) is 3.17. The van der Waals surface area contributed by atoms with Gasteiger partial charge in [-0.3, -0.25) is 9.59 Å². The van der Waals surface area contributed by atoms with Gasteiger partial charge in [-0.15, -0.1) is 0 Å². The molecule has 1 aromatic heterocycles. The molecule has 2 amide bonds. The number of carbonyl (C=O) groups is 2. The minimum Gasteiger partial charge on any atom is -0.497 e. The fourth-order valence-corrected chi connectivity index (χ4v) is 2.45. The highest BCUT2D eigenvalue weighted by molar-refractivity contribution is 5.87. The van der Waals surface area contributed by atoms with Gasteiger partial charge in [0.1, 0.15) is 17.6 Å². The van der Waals surface area contributed by atoms with E-state index in [4.69, 9.17) is 9.15 Å². The lowest BCUT2D eigenvalue weighted by Crippen LogP contribution is -2.47. The van der Waals surface area contributed by atoms with E-state index in [2.05, 4.69) is 5.32 Å². The first-order valence-corrected chi connectivity index (χ1v) is 8.27. The number of amides is 2. The number of nitrogens with one attached hydrogen (secondary N) is 1. The highest BCUT2D eigenvalue weighted by atomic mass is 16.5. The van der Waals surface area contributed by atoms with Crippen LogP contribution in [0.5, 0.6) is 5.75 Å². The summed E-state index contributed by atoms with van der Waals surface area (Å²) in [5.41, 5.74) is 0.938. The molecule has 0 spiro atoms. The van der Waals surface area contributed by atoms with Gasteiger partial charge in [-0.25, -0.2) is 0 Å². The van der Waals surface area contributed by atoms with Gasteiger partial charge in [-0.1, -0.05) is 19.1 Å². The van der Waals surface area contributed by atoms with Crippen molar-refractivity contribution in [2.24, 2.45) is 0 Å². The molecule has 0 radical (unpaired) electrons. The molecule has 25 heavy (non-hydrogen) atoms. The monoisotopic (exact) mass is 344 g/mol. The third kappa shape index (κ3) is 5.11. The molecule has 1 aromatic carbocycles. The largest absolute Gasteiger partial charge is 0.497 e. The van der Waals surface area contributed by atoms with Gasteiger partial charge in [0.05, 0.1) is 19.9 Å². The summed E-state index contributed by atoms with van der Waals surface area (Å²) < 4.78 is 10.3. The minimum atomic E-state index is -0.579. The predicted octanol–water partition coefficient (Wildman–Crippen LogP) is 2.73. The normalized spacial score (nSPS) is 11.6. The lowest BCUT2D eigenvalue weighted by molar-refractivity contribution is -0.140. The van der Waals surface area contributed by atoms with Crippen molar-refractivity contribution in [2.45, 2.75) is 39.4 Å². The van der Waals surface area contributed by atoms with E-state index < -0.39 is 6.04 Å². The Kier molecular flexibility index (Phi) is 6.62. The molecule has 0 fully saturated rings. The average molecular weight is 344 g/mol. The first-order valence-electron chi connectivity index (χ1n) is 8.27. The number of hydrogen-bond acceptors (Lipinski definition) is 4. The van der Waals surface area contributed by atoms with Crippen LogP contribution in [0.4, 0.5) is 0 Å². The molecular weight excluding hydrogens is 320 g/mol. The van der Waals surface area contributed by atoms with Gasteiger partial charge in [0.15, 0.2) is 0 Å². The van der Waals surface area contributed by atoms with E-state index in [0.29, 0.717) is 25.3 Å². The van der Waals surface area contributed by atoms with Crippen molar-refractivity contribution in [3.05, 3.63) is 54.0 Å². The smallest absolute Gasteiger partial charge is 0.242 e. The van der Waals surface area contributed by atoms with E-state index in [9.17, 15) is 9.59 Å². The molecule has 1 N–H and O–H groups in total. The maximum Gasteiger partial charge on any atom is 0.242 e. The van der Waals surface area contributed by atoms with Crippen LogP contribution in [0.15, 0.2) is 47.1 Å². The predicted molar refractivity (Wildman–Crippen MR) is 93.9 cm³/mol. The summed E-state index contributed by atoms with van der Waals surface area (Å²) in [5.74, 6) is 1.13. The maximum absolute atomic E-state index is 12.4. The van der Waals surface area contributed by atoms with Gasteiger partial charge >= 0.3 is 0 Å². The number of carbonyl (C=O) groups excluding carboxylic acids is 2. The quantitative estimate of drug-likeness (QED) is 0.799. The third-order valence-corrected chi connectivity index (χ3v) is 4.00. The van der Waals surface area contributed by atoms with Gasteiger partial charge in [0.2, 0.25) is 11.8 Å². The van der Waals surface area contributed by atoms with Gasteiger partial charge < -0.3 is 19.4 Å². The number of rotatable bonds is 8. The van der Waals surface area contributed by atoms with Crippen LogP contribution in [0.3, 0.4) is 0 Å². The van der Waals surface area contributed by atoms with Crippen molar-refractivity contribution in [2.75, 3.05) is 7.11 Å². The summed E-state index contributed by atoms with van der Waals surface area (Å²) in [5, 5.41) is 2.80. The van der Waals surface area contributed by atoms with E-state index in [0.717, 1.165) is 11.3 Å². The first kappa shape index (κ1) is 18.6. The Morgan fingerprint density at radius 3 is 2.52 bits per heavy atom. The van der Waals surface area contributed by atoms with Gasteiger partial charge in [0, 0.05) is 13.0 Å². The summed E-state index contributed by atoms with van der Waals surface area (Å²) in [4.78, 5) is 26.3.